The van der Waals surface area contributed by atoms with Crippen LogP contribution < -0.4 is 10.1 Å². The van der Waals surface area contributed by atoms with Crippen LogP contribution in [-0.4, -0.2) is 47.1 Å². The summed E-state index contributed by atoms with van der Waals surface area (Å²) < 4.78 is 15.6. The van der Waals surface area contributed by atoms with Gasteiger partial charge in [0.1, 0.15) is 5.75 Å². The van der Waals surface area contributed by atoms with Gasteiger partial charge in [-0.15, -0.1) is 0 Å². The molecule has 0 saturated carbocycles. The first-order chi connectivity index (χ1) is 9.36. The molecule has 0 bridgehead atoms. The van der Waals surface area contributed by atoms with Crippen molar-refractivity contribution in [1.29, 1.82) is 0 Å². The first kappa shape index (κ1) is 16.0. The second-order valence-electron chi connectivity index (χ2n) is 4.31. The predicted molar refractivity (Wildman–Crippen MR) is 76.9 cm³/mol. The highest BCUT2D eigenvalue weighted by Gasteiger charge is 1.96. The van der Waals surface area contributed by atoms with E-state index in [1.165, 1.54) is 5.56 Å². The van der Waals surface area contributed by atoms with Gasteiger partial charge in [0, 0.05) is 26.9 Å². The average Bonchev–Trinajstić information content (AvgIpc) is 2.46. The third-order valence-electron chi connectivity index (χ3n) is 2.78. The molecule has 0 aliphatic rings. The molecule has 0 heterocycles. The van der Waals surface area contributed by atoms with Crippen molar-refractivity contribution in [2.45, 2.75) is 12.8 Å². The summed E-state index contributed by atoms with van der Waals surface area (Å²) in [5.41, 5.74) is 1.29. The Balaban J connectivity index is 1.98. The Hall–Kier alpha value is -1.10. The highest BCUT2D eigenvalue weighted by atomic mass is 16.5. The fraction of sp³-hybridized carbons (Fsp3) is 0.600. The van der Waals surface area contributed by atoms with E-state index in [0.717, 1.165) is 51.5 Å². The lowest BCUT2D eigenvalue weighted by Gasteiger charge is -2.07. The van der Waals surface area contributed by atoms with Crippen LogP contribution in [0.5, 0.6) is 5.75 Å². The number of hydrogen-bond acceptors (Lipinski definition) is 4. The van der Waals surface area contributed by atoms with Gasteiger partial charge >= 0.3 is 0 Å². The monoisotopic (exact) mass is 267 g/mol. The van der Waals surface area contributed by atoms with E-state index in [1.54, 1.807) is 14.2 Å². The molecule has 0 radical (unpaired) electrons. The second-order valence-corrected chi connectivity index (χ2v) is 4.31. The molecule has 108 valence electrons. The molecule has 1 N–H and O–H groups in total. The summed E-state index contributed by atoms with van der Waals surface area (Å²) in [7, 11) is 3.40. The SMILES string of the molecule is COCCCOCCNCCc1cccc(OC)c1. The lowest BCUT2D eigenvalue weighted by molar-refractivity contribution is 0.104. The number of methoxy groups -OCH3 is 2. The summed E-state index contributed by atoms with van der Waals surface area (Å²) in [6, 6.07) is 8.17. The Labute approximate surface area is 116 Å². The average molecular weight is 267 g/mol. The van der Waals surface area contributed by atoms with Crippen LogP contribution in [0.25, 0.3) is 0 Å². The summed E-state index contributed by atoms with van der Waals surface area (Å²) in [5, 5.41) is 3.37. The zero-order valence-electron chi connectivity index (χ0n) is 12.0. The Morgan fingerprint density at radius 1 is 1.05 bits per heavy atom. The summed E-state index contributed by atoms with van der Waals surface area (Å²) in [6.45, 7) is 4.13. The van der Waals surface area contributed by atoms with Crippen LogP contribution in [0.2, 0.25) is 0 Å². The largest absolute Gasteiger partial charge is 0.497 e. The highest BCUT2D eigenvalue weighted by molar-refractivity contribution is 5.28. The van der Waals surface area contributed by atoms with Gasteiger partial charge in [0.2, 0.25) is 0 Å². The molecule has 0 spiro atoms. The van der Waals surface area contributed by atoms with Gasteiger partial charge in [-0.1, -0.05) is 12.1 Å². The Morgan fingerprint density at radius 2 is 1.95 bits per heavy atom. The Bertz CT molecular complexity index is 331. The fourth-order valence-electron chi connectivity index (χ4n) is 1.74. The summed E-state index contributed by atoms with van der Waals surface area (Å²) in [4.78, 5) is 0. The van der Waals surface area contributed by atoms with Crippen molar-refractivity contribution in [1.82, 2.24) is 5.32 Å². The van der Waals surface area contributed by atoms with E-state index in [4.69, 9.17) is 14.2 Å². The number of rotatable bonds is 11. The van der Waals surface area contributed by atoms with Gasteiger partial charge in [0.25, 0.3) is 0 Å². The van der Waals surface area contributed by atoms with Gasteiger partial charge in [-0.05, 0) is 37.1 Å². The van der Waals surface area contributed by atoms with Crippen LogP contribution in [0.4, 0.5) is 0 Å². The molecule has 0 unspecified atom stereocenters. The van der Waals surface area contributed by atoms with Gasteiger partial charge in [0.05, 0.1) is 13.7 Å². The minimum absolute atomic E-state index is 0.752. The molecule has 1 rings (SSSR count). The zero-order valence-corrected chi connectivity index (χ0v) is 12.0. The van der Waals surface area contributed by atoms with Crippen LogP contribution in [0.3, 0.4) is 0 Å². The maximum absolute atomic E-state index is 5.46. The minimum Gasteiger partial charge on any atom is -0.497 e. The molecule has 0 amide bonds. The normalized spacial score (nSPS) is 10.6. The number of benzene rings is 1. The minimum atomic E-state index is 0.752. The van der Waals surface area contributed by atoms with E-state index < -0.39 is 0 Å². The van der Waals surface area contributed by atoms with Crippen molar-refractivity contribution >= 4 is 0 Å². The molecular formula is C15H25NO3. The Kier molecular flexibility index (Phi) is 9.06. The summed E-state index contributed by atoms with van der Waals surface area (Å²) >= 11 is 0. The quantitative estimate of drug-likeness (QED) is 0.621. The maximum Gasteiger partial charge on any atom is 0.119 e. The highest BCUT2D eigenvalue weighted by Crippen LogP contribution is 2.12. The van der Waals surface area contributed by atoms with Crippen molar-refractivity contribution in [3.63, 3.8) is 0 Å². The smallest absolute Gasteiger partial charge is 0.119 e. The third kappa shape index (κ3) is 7.82. The van der Waals surface area contributed by atoms with Crippen molar-refractivity contribution < 1.29 is 14.2 Å². The van der Waals surface area contributed by atoms with Gasteiger partial charge in [-0.3, -0.25) is 0 Å². The zero-order chi connectivity index (χ0) is 13.8. The standard InChI is InChI=1S/C15H25NO3/c1-17-10-4-11-19-12-9-16-8-7-14-5-3-6-15(13-14)18-2/h3,5-6,13,16H,4,7-12H2,1-2H3. The number of hydrogen-bond donors (Lipinski definition) is 1. The predicted octanol–water partition coefficient (Wildman–Crippen LogP) is 1.88. The van der Waals surface area contributed by atoms with E-state index >= 15 is 0 Å². The first-order valence-electron chi connectivity index (χ1n) is 6.77. The van der Waals surface area contributed by atoms with E-state index in [9.17, 15) is 0 Å². The lowest BCUT2D eigenvalue weighted by atomic mass is 10.1. The van der Waals surface area contributed by atoms with Crippen LogP contribution in [0.1, 0.15) is 12.0 Å². The maximum atomic E-state index is 5.46. The molecule has 1 aromatic rings. The molecular weight excluding hydrogens is 242 g/mol. The first-order valence-corrected chi connectivity index (χ1v) is 6.77. The molecule has 4 heteroatoms. The molecule has 0 saturated heterocycles. The van der Waals surface area contributed by atoms with Crippen LogP contribution in [0.15, 0.2) is 24.3 Å². The van der Waals surface area contributed by atoms with Gasteiger partial charge in [-0.2, -0.15) is 0 Å². The molecule has 0 atom stereocenters. The Morgan fingerprint density at radius 3 is 2.74 bits per heavy atom. The second kappa shape index (κ2) is 10.8. The van der Waals surface area contributed by atoms with Crippen LogP contribution in [0, 0.1) is 0 Å². The number of nitrogens with one attached hydrogen (secondary N) is 1. The van der Waals surface area contributed by atoms with Crippen molar-refractivity contribution in [2.24, 2.45) is 0 Å². The number of ether oxygens (including phenoxy) is 3. The van der Waals surface area contributed by atoms with E-state index in [-0.39, 0.29) is 0 Å². The van der Waals surface area contributed by atoms with Crippen LogP contribution in [-0.2, 0) is 15.9 Å². The van der Waals surface area contributed by atoms with Crippen molar-refractivity contribution in [2.75, 3.05) is 47.1 Å². The van der Waals surface area contributed by atoms with E-state index in [0.29, 0.717) is 0 Å². The molecule has 0 fully saturated rings. The van der Waals surface area contributed by atoms with E-state index in [1.807, 2.05) is 12.1 Å². The van der Waals surface area contributed by atoms with Gasteiger partial charge in [-0.25, -0.2) is 0 Å². The molecule has 4 nitrogen and oxygen atoms in total. The fourth-order valence-corrected chi connectivity index (χ4v) is 1.74. The van der Waals surface area contributed by atoms with Crippen molar-refractivity contribution in [3.8, 4) is 5.75 Å². The third-order valence-corrected chi connectivity index (χ3v) is 2.78. The lowest BCUT2D eigenvalue weighted by Crippen LogP contribution is -2.22. The topological polar surface area (TPSA) is 39.7 Å². The van der Waals surface area contributed by atoms with Crippen molar-refractivity contribution in [3.05, 3.63) is 29.8 Å². The molecule has 0 aliphatic heterocycles. The molecule has 0 aromatic heterocycles. The molecule has 0 aliphatic carbocycles. The van der Waals surface area contributed by atoms with Gasteiger partial charge < -0.3 is 19.5 Å². The van der Waals surface area contributed by atoms with E-state index in [2.05, 4.69) is 17.4 Å². The van der Waals surface area contributed by atoms with Gasteiger partial charge in [0.15, 0.2) is 0 Å². The molecule has 1 aromatic carbocycles. The van der Waals surface area contributed by atoms with Crippen LogP contribution >= 0.6 is 0 Å². The molecule has 19 heavy (non-hydrogen) atoms. The summed E-state index contributed by atoms with van der Waals surface area (Å²) in [5.74, 6) is 0.916. The summed E-state index contributed by atoms with van der Waals surface area (Å²) in [6.07, 6.45) is 1.96.